The molecule has 0 saturated heterocycles. The van der Waals surface area contributed by atoms with Crippen LogP contribution in [0.25, 0.3) is 0 Å². The molecule has 0 heterocycles. The van der Waals surface area contributed by atoms with Crippen LogP contribution < -0.4 is 16.2 Å². The van der Waals surface area contributed by atoms with Gasteiger partial charge in [-0.2, -0.15) is 0 Å². The van der Waals surface area contributed by atoms with E-state index in [0.717, 1.165) is 5.56 Å². The van der Waals surface area contributed by atoms with Crippen LogP contribution in [0.3, 0.4) is 0 Å². The van der Waals surface area contributed by atoms with E-state index in [1.807, 2.05) is 24.3 Å². The van der Waals surface area contributed by atoms with Gasteiger partial charge >= 0.3 is 0 Å². The van der Waals surface area contributed by atoms with Crippen LogP contribution in [-0.2, 0) is 9.84 Å². The fraction of sp³-hybridized carbons (Fsp3) is 0.333. The molecule has 0 radical (unpaired) electrons. The highest BCUT2D eigenvalue weighted by atomic mass is 35.5. The number of benzene rings is 2. The largest absolute Gasteiger partial charge is 0.497 e. The monoisotopic (exact) mass is 380 g/mol. The van der Waals surface area contributed by atoms with Gasteiger partial charge in [-0.1, -0.05) is 23.7 Å². The first-order chi connectivity index (χ1) is 11.9. The topological polar surface area (TPSA) is 95.4 Å². The maximum absolute atomic E-state index is 13.2. The molecule has 5 nitrogen and oxygen atoms in total. The van der Waals surface area contributed by atoms with Crippen LogP contribution in [-0.4, -0.2) is 33.9 Å². The summed E-state index contributed by atoms with van der Waals surface area (Å²) >= 11 is 5.87. The summed E-state index contributed by atoms with van der Waals surface area (Å²) in [5.41, 5.74) is 12.2. The van der Waals surface area contributed by atoms with Crippen LogP contribution in [0.5, 0.6) is 5.75 Å². The Bertz CT molecular complexity index is 847. The summed E-state index contributed by atoms with van der Waals surface area (Å²) < 4.78 is 31.5. The normalized spacial score (nSPS) is 21.8. The second-order valence-corrected chi connectivity index (χ2v) is 8.82. The molecule has 1 fully saturated rings. The molecule has 134 valence electrons. The van der Waals surface area contributed by atoms with E-state index in [9.17, 15) is 8.42 Å². The average Bonchev–Trinajstić information content (AvgIpc) is 3.33. The SMILES string of the molecule is COc1ccc([C@H]2[C@@H](S(=O)(=O)c3ccc(Cl)cc3)C2(CN)CN)cc1. The van der Waals surface area contributed by atoms with Crippen molar-refractivity contribution in [3.8, 4) is 5.75 Å². The predicted octanol–water partition coefficient (Wildman–Crippen LogP) is 2.19. The van der Waals surface area contributed by atoms with Crippen LogP contribution in [0, 0.1) is 5.41 Å². The highest BCUT2D eigenvalue weighted by molar-refractivity contribution is 7.92. The van der Waals surface area contributed by atoms with Crippen LogP contribution in [0.15, 0.2) is 53.4 Å². The van der Waals surface area contributed by atoms with Crippen molar-refractivity contribution in [1.82, 2.24) is 0 Å². The first-order valence-electron chi connectivity index (χ1n) is 7.94. The second kappa shape index (κ2) is 6.61. The van der Waals surface area contributed by atoms with Gasteiger partial charge in [0.1, 0.15) is 5.75 Å². The van der Waals surface area contributed by atoms with Crippen LogP contribution >= 0.6 is 11.6 Å². The third-order valence-electron chi connectivity index (χ3n) is 5.09. The summed E-state index contributed by atoms with van der Waals surface area (Å²) in [4.78, 5) is 0.240. The minimum absolute atomic E-state index is 0.206. The second-order valence-electron chi connectivity index (χ2n) is 6.31. The Morgan fingerprint density at radius 1 is 1.04 bits per heavy atom. The van der Waals surface area contributed by atoms with Gasteiger partial charge in [0.25, 0.3) is 0 Å². The van der Waals surface area contributed by atoms with E-state index in [1.54, 1.807) is 19.2 Å². The third-order valence-corrected chi connectivity index (χ3v) is 7.68. The molecule has 0 spiro atoms. The van der Waals surface area contributed by atoms with Crippen molar-refractivity contribution >= 4 is 21.4 Å². The molecular weight excluding hydrogens is 360 g/mol. The maximum Gasteiger partial charge on any atom is 0.182 e. The molecule has 0 bridgehead atoms. The molecule has 4 N–H and O–H groups in total. The lowest BCUT2D eigenvalue weighted by Crippen LogP contribution is -2.31. The molecule has 0 unspecified atom stereocenters. The van der Waals surface area contributed by atoms with Gasteiger partial charge in [0.15, 0.2) is 9.84 Å². The van der Waals surface area contributed by atoms with Crippen LogP contribution in [0.2, 0.25) is 5.02 Å². The molecule has 0 amide bonds. The standard InChI is InChI=1S/C18H21ClN2O3S/c1-24-14-6-2-12(3-7-14)16-17(18(16,10-20)11-21)25(22,23)15-8-4-13(19)5-9-15/h2-9,16-17H,10-11,20-21H2,1H3/t16-,17+/m0/s1. The van der Waals surface area contributed by atoms with Crippen LogP contribution in [0.4, 0.5) is 0 Å². The fourth-order valence-corrected chi connectivity index (χ4v) is 6.20. The Hall–Kier alpha value is -1.60. The number of sulfone groups is 1. The molecule has 25 heavy (non-hydrogen) atoms. The molecular formula is C18H21ClN2O3S. The quantitative estimate of drug-likeness (QED) is 0.800. The Labute approximate surface area is 152 Å². The van der Waals surface area contributed by atoms with Gasteiger partial charge < -0.3 is 16.2 Å². The number of halogens is 1. The molecule has 1 aliphatic rings. The lowest BCUT2D eigenvalue weighted by Gasteiger charge is -2.13. The zero-order valence-electron chi connectivity index (χ0n) is 13.9. The van der Waals surface area contributed by atoms with Gasteiger partial charge in [-0.25, -0.2) is 8.42 Å². The van der Waals surface area contributed by atoms with Crippen molar-refractivity contribution in [2.45, 2.75) is 16.1 Å². The van der Waals surface area contributed by atoms with Crippen molar-refractivity contribution in [2.24, 2.45) is 16.9 Å². The number of methoxy groups -OCH3 is 1. The van der Waals surface area contributed by atoms with Gasteiger partial charge in [-0.05, 0) is 42.0 Å². The minimum atomic E-state index is -3.58. The van der Waals surface area contributed by atoms with E-state index >= 15 is 0 Å². The predicted molar refractivity (Wildman–Crippen MR) is 98.7 cm³/mol. The molecule has 2 aromatic rings. The van der Waals surface area contributed by atoms with Crippen molar-refractivity contribution in [1.29, 1.82) is 0 Å². The van der Waals surface area contributed by atoms with E-state index in [-0.39, 0.29) is 23.9 Å². The number of hydrogen-bond donors (Lipinski definition) is 2. The van der Waals surface area contributed by atoms with Gasteiger partial charge in [0.2, 0.25) is 0 Å². The van der Waals surface area contributed by atoms with E-state index < -0.39 is 20.5 Å². The molecule has 3 rings (SSSR count). The molecule has 2 atom stereocenters. The summed E-state index contributed by atoms with van der Waals surface area (Å²) in [6, 6.07) is 13.6. The lowest BCUT2D eigenvalue weighted by atomic mass is 9.99. The molecule has 2 aromatic carbocycles. The van der Waals surface area contributed by atoms with E-state index in [0.29, 0.717) is 10.8 Å². The van der Waals surface area contributed by atoms with E-state index in [4.69, 9.17) is 27.8 Å². The zero-order valence-corrected chi connectivity index (χ0v) is 15.4. The summed E-state index contributed by atoms with van der Waals surface area (Å²) in [6.07, 6.45) is 0. The van der Waals surface area contributed by atoms with Crippen molar-refractivity contribution in [2.75, 3.05) is 20.2 Å². The number of nitrogens with two attached hydrogens (primary N) is 2. The Morgan fingerprint density at radius 2 is 1.60 bits per heavy atom. The summed E-state index contributed by atoms with van der Waals surface area (Å²) in [5, 5.41) is -0.157. The average molecular weight is 381 g/mol. The summed E-state index contributed by atoms with van der Waals surface area (Å²) in [6.45, 7) is 0.412. The van der Waals surface area contributed by atoms with Gasteiger partial charge in [-0.3, -0.25) is 0 Å². The number of ether oxygens (including phenoxy) is 1. The minimum Gasteiger partial charge on any atom is -0.497 e. The van der Waals surface area contributed by atoms with E-state index in [1.165, 1.54) is 12.1 Å². The molecule has 1 saturated carbocycles. The maximum atomic E-state index is 13.2. The first-order valence-corrected chi connectivity index (χ1v) is 9.86. The van der Waals surface area contributed by atoms with Gasteiger partial charge in [0.05, 0.1) is 17.3 Å². The fourth-order valence-electron chi connectivity index (χ4n) is 3.60. The lowest BCUT2D eigenvalue weighted by molar-refractivity contribution is 0.414. The molecule has 0 aliphatic heterocycles. The van der Waals surface area contributed by atoms with E-state index in [2.05, 4.69) is 0 Å². The Balaban J connectivity index is 2.02. The van der Waals surface area contributed by atoms with Gasteiger partial charge in [0, 0.05) is 29.4 Å². The van der Waals surface area contributed by atoms with Crippen LogP contribution in [0.1, 0.15) is 11.5 Å². The highest BCUT2D eigenvalue weighted by Crippen LogP contribution is 2.63. The summed E-state index contributed by atoms with van der Waals surface area (Å²) in [7, 11) is -1.99. The first kappa shape index (κ1) is 18.2. The summed E-state index contributed by atoms with van der Waals surface area (Å²) in [5.74, 6) is 0.474. The molecule has 1 aliphatic carbocycles. The third kappa shape index (κ3) is 2.93. The van der Waals surface area contributed by atoms with Gasteiger partial charge in [-0.15, -0.1) is 0 Å². The molecule has 7 heteroatoms. The Kier molecular flexibility index (Phi) is 4.81. The number of hydrogen-bond acceptors (Lipinski definition) is 5. The molecule has 0 aromatic heterocycles. The van der Waals surface area contributed by atoms with Crippen molar-refractivity contribution in [3.05, 3.63) is 59.1 Å². The Morgan fingerprint density at radius 3 is 2.08 bits per heavy atom. The highest BCUT2D eigenvalue weighted by Gasteiger charge is 2.69. The smallest absolute Gasteiger partial charge is 0.182 e. The number of rotatable bonds is 6. The zero-order chi connectivity index (χ0) is 18.2. The van der Waals surface area contributed by atoms with Crippen molar-refractivity contribution < 1.29 is 13.2 Å². The van der Waals surface area contributed by atoms with Crippen molar-refractivity contribution in [3.63, 3.8) is 0 Å².